The zero-order valence-corrected chi connectivity index (χ0v) is 27.7. The Balaban J connectivity index is 3.12. The molecule has 0 aromatic carbocycles. The molecule has 0 rings (SSSR count). The molecule has 262 valence electrons. The molecule has 0 spiro atoms. The summed E-state index contributed by atoms with van der Waals surface area (Å²) in [6.07, 6.45) is 10.0. The van der Waals surface area contributed by atoms with Gasteiger partial charge in [-0.05, 0) is 12.8 Å². The van der Waals surface area contributed by atoms with Gasteiger partial charge in [0.1, 0.15) is 13.2 Å². The van der Waals surface area contributed by atoms with Crippen molar-refractivity contribution in [1.29, 1.82) is 0 Å². The molecule has 0 aliphatic heterocycles. The molecule has 12 heteroatoms. The summed E-state index contributed by atoms with van der Waals surface area (Å²) in [6, 6.07) is 0. The van der Waals surface area contributed by atoms with Crippen molar-refractivity contribution in [3.8, 4) is 0 Å². The first kappa shape index (κ1) is 42.6. The molecule has 0 aromatic heterocycles. The fourth-order valence-corrected chi connectivity index (χ4v) is 3.65. The third-order valence-corrected chi connectivity index (χ3v) is 6.02. The van der Waals surface area contributed by atoms with Crippen LogP contribution in [0.1, 0.15) is 78.1 Å². The SMILES string of the molecule is CCCCCCCCCC(=O)OCCOCCOCCOCCOCCOCCOCCOCCOCCOC(=O)CCC. The molecular formula is C32H62O12. The first-order valence-electron chi connectivity index (χ1n) is 16.6. The molecule has 0 N–H and O–H groups in total. The second kappa shape index (κ2) is 37.8. The van der Waals surface area contributed by atoms with Gasteiger partial charge in [-0.3, -0.25) is 9.59 Å². The van der Waals surface area contributed by atoms with E-state index in [1.54, 1.807) is 0 Å². The molecule has 0 atom stereocenters. The highest BCUT2D eigenvalue weighted by Gasteiger charge is 2.03. The number of esters is 2. The van der Waals surface area contributed by atoms with Gasteiger partial charge in [0, 0.05) is 12.8 Å². The Labute approximate surface area is 266 Å². The van der Waals surface area contributed by atoms with Crippen LogP contribution in [0.3, 0.4) is 0 Å². The number of hydrogen-bond donors (Lipinski definition) is 0. The molecule has 0 saturated carbocycles. The van der Waals surface area contributed by atoms with Gasteiger partial charge in [0.05, 0.1) is 106 Å². The third kappa shape index (κ3) is 36.8. The van der Waals surface area contributed by atoms with E-state index in [-0.39, 0.29) is 25.2 Å². The van der Waals surface area contributed by atoms with Crippen LogP contribution in [0, 0.1) is 0 Å². The molecule has 44 heavy (non-hydrogen) atoms. The Kier molecular flexibility index (Phi) is 36.6. The maximum absolute atomic E-state index is 11.7. The van der Waals surface area contributed by atoms with Gasteiger partial charge in [0.2, 0.25) is 0 Å². The standard InChI is InChI=1S/C32H62O12/c1-3-5-6-7-8-9-10-12-32(34)44-30-28-42-26-24-40-22-20-38-18-16-36-14-13-35-15-17-37-19-21-39-23-25-41-27-29-43-31(33)11-4-2/h3-30H2,1-2H3. The molecule has 12 nitrogen and oxygen atoms in total. The third-order valence-electron chi connectivity index (χ3n) is 6.02. The summed E-state index contributed by atoms with van der Waals surface area (Å²) in [5.74, 6) is -0.332. The predicted molar refractivity (Wildman–Crippen MR) is 166 cm³/mol. The quantitative estimate of drug-likeness (QED) is 0.0717. The number of carbonyl (C=O) groups is 2. The molecule has 0 fully saturated rings. The van der Waals surface area contributed by atoms with E-state index >= 15 is 0 Å². The van der Waals surface area contributed by atoms with Gasteiger partial charge in [0.25, 0.3) is 0 Å². The van der Waals surface area contributed by atoms with Crippen molar-refractivity contribution in [1.82, 2.24) is 0 Å². The Hall–Kier alpha value is -1.38. The van der Waals surface area contributed by atoms with E-state index in [9.17, 15) is 9.59 Å². The zero-order chi connectivity index (χ0) is 32.0. The van der Waals surface area contributed by atoms with E-state index in [0.29, 0.717) is 119 Å². The molecule has 0 amide bonds. The normalized spacial score (nSPS) is 11.2. The molecule has 0 radical (unpaired) electrons. The van der Waals surface area contributed by atoms with Gasteiger partial charge in [-0.1, -0.05) is 52.4 Å². The van der Waals surface area contributed by atoms with Crippen molar-refractivity contribution >= 4 is 11.9 Å². The van der Waals surface area contributed by atoms with Crippen molar-refractivity contribution in [2.45, 2.75) is 78.1 Å². The van der Waals surface area contributed by atoms with Crippen LogP contribution in [0.25, 0.3) is 0 Å². The molecule has 0 bridgehead atoms. The van der Waals surface area contributed by atoms with Crippen LogP contribution in [-0.2, 0) is 57.0 Å². The van der Waals surface area contributed by atoms with Crippen LogP contribution in [-0.4, -0.2) is 131 Å². The summed E-state index contributed by atoms with van der Waals surface area (Å²) in [4.78, 5) is 22.9. The van der Waals surface area contributed by atoms with E-state index < -0.39 is 0 Å². The maximum atomic E-state index is 11.7. The minimum absolute atomic E-state index is 0.143. The van der Waals surface area contributed by atoms with E-state index in [2.05, 4.69) is 6.92 Å². The second-order valence-electron chi connectivity index (χ2n) is 9.96. The van der Waals surface area contributed by atoms with E-state index in [1.807, 2.05) is 6.92 Å². The monoisotopic (exact) mass is 638 g/mol. The van der Waals surface area contributed by atoms with E-state index in [0.717, 1.165) is 19.3 Å². The number of unbranched alkanes of at least 4 members (excludes halogenated alkanes) is 6. The average Bonchev–Trinajstić information content (AvgIpc) is 3.02. The van der Waals surface area contributed by atoms with Gasteiger partial charge < -0.3 is 47.4 Å². The van der Waals surface area contributed by atoms with Crippen LogP contribution in [0.5, 0.6) is 0 Å². The Morgan fingerprint density at radius 1 is 0.318 bits per heavy atom. The number of hydrogen-bond acceptors (Lipinski definition) is 12. The van der Waals surface area contributed by atoms with E-state index in [4.69, 9.17) is 47.4 Å². The highest BCUT2D eigenvalue weighted by atomic mass is 16.6. The molecule has 0 saturated heterocycles. The summed E-state index contributed by atoms with van der Waals surface area (Å²) in [5.41, 5.74) is 0. The maximum Gasteiger partial charge on any atom is 0.305 e. The van der Waals surface area contributed by atoms with Crippen LogP contribution >= 0.6 is 0 Å². The van der Waals surface area contributed by atoms with Crippen LogP contribution in [0.4, 0.5) is 0 Å². The number of carbonyl (C=O) groups excluding carboxylic acids is 2. The Morgan fingerprint density at radius 2 is 0.591 bits per heavy atom. The van der Waals surface area contributed by atoms with Crippen LogP contribution in [0.15, 0.2) is 0 Å². The lowest BCUT2D eigenvalue weighted by molar-refractivity contribution is -0.146. The molecular weight excluding hydrogens is 576 g/mol. The lowest BCUT2D eigenvalue weighted by atomic mass is 10.1. The van der Waals surface area contributed by atoms with Crippen LogP contribution in [0.2, 0.25) is 0 Å². The summed E-state index contributed by atoms with van der Waals surface area (Å²) >= 11 is 0. The molecule has 0 heterocycles. The first-order chi connectivity index (χ1) is 21.7. The van der Waals surface area contributed by atoms with Crippen molar-refractivity contribution in [2.75, 3.05) is 119 Å². The average molecular weight is 639 g/mol. The topological polar surface area (TPSA) is 126 Å². The van der Waals surface area contributed by atoms with Gasteiger partial charge in [0.15, 0.2) is 0 Å². The summed E-state index contributed by atoms with van der Waals surface area (Å²) in [5, 5.41) is 0. The number of rotatable bonds is 37. The van der Waals surface area contributed by atoms with Crippen LogP contribution < -0.4 is 0 Å². The Morgan fingerprint density at radius 3 is 0.909 bits per heavy atom. The lowest BCUT2D eigenvalue weighted by Gasteiger charge is -2.09. The van der Waals surface area contributed by atoms with Crippen molar-refractivity contribution in [2.24, 2.45) is 0 Å². The largest absolute Gasteiger partial charge is 0.463 e. The molecule has 0 aromatic rings. The van der Waals surface area contributed by atoms with Crippen molar-refractivity contribution in [3.05, 3.63) is 0 Å². The Bertz CT molecular complexity index is 594. The molecule has 0 aliphatic rings. The van der Waals surface area contributed by atoms with Gasteiger partial charge in [-0.25, -0.2) is 0 Å². The summed E-state index contributed by atoms with van der Waals surface area (Å²) in [6.45, 7) is 12.2. The van der Waals surface area contributed by atoms with Gasteiger partial charge >= 0.3 is 11.9 Å². The smallest absolute Gasteiger partial charge is 0.305 e. The summed E-state index contributed by atoms with van der Waals surface area (Å²) in [7, 11) is 0. The number of ether oxygens (including phenoxy) is 10. The van der Waals surface area contributed by atoms with E-state index in [1.165, 1.54) is 32.1 Å². The van der Waals surface area contributed by atoms with Gasteiger partial charge in [-0.15, -0.1) is 0 Å². The minimum atomic E-state index is -0.189. The zero-order valence-electron chi connectivity index (χ0n) is 27.7. The molecule has 0 unspecified atom stereocenters. The van der Waals surface area contributed by atoms with Crippen molar-refractivity contribution in [3.63, 3.8) is 0 Å². The second-order valence-corrected chi connectivity index (χ2v) is 9.96. The highest BCUT2D eigenvalue weighted by molar-refractivity contribution is 5.69. The minimum Gasteiger partial charge on any atom is -0.463 e. The molecule has 0 aliphatic carbocycles. The van der Waals surface area contributed by atoms with Crippen molar-refractivity contribution < 1.29 is 57.0 Å². The fourth-order valence-electron chi connectivity index (χ4n) is 3.65. The van der Waals surface area contributed by atoms with Gasteiger partial charge in [-0.2, -0.15) is 0 Å². The summed E-state index contributed by atoms with van der Waals surface area (Å²) < 4.78 is 53.6. The fraction of sp³-hybridized carbons (Fsp3) is 0.938. The lowest BCUT2D eigenvalue weighted by Crippen LogP contribution is -2.15. The predicted octanol–water partition coefficient (Wildman–Crippen LogP) is 4.15. The first-order valence-corrected chi connectivity index (χ1v) is 16.6. The highest BCUT2D eigenvalue weighted by Crippen LogP contribution is 2.08.